The summed E-state index contributed by atoms with van der Waals surface area (Å²) >= 11 is 0. The molecule has 0 spiro atoms. The van der Waals surface area contributed by atoms with E-state index in [4.69, 9.17) is 0 Å². The fraction of sp³-hybridized carbons (Fsp3) is 0.667. The van der Waals surface area contributed by atoms with E-state index in [0.717, 1.165) is 52.1 Å². The minimum Gasteiger partial charge on any atom is -0.354 e. The highest BCUT2D eigenvalue weighted by Gasteiger charge is 2.31. The lowest BCUT2D eigenvalue weighted by Crippen LogP contribution is -2.58. The number of likely N-dealkylation sites (tertiary alicyclic amines) is 1. The molecule has 0 bridgehead atoms. The number of hydrogen-bond donors (Lipinski definition) is 1. The molecule has 2 heterocycles. The maximum atomic E-state index is 12.8. The molecule has 2 saturated heterocycles. The average molecular weight is 415 g/mol. The topological polar surface area (TPSA) is 55.9 Å². The smallest absolute Gasteiger partial charge is 0.239 e. The van der Waals surface area contributed by atoms with E-state index in [2.05, 4.69) is 34.2 Å². The minimum atomic E-state index is -0.150. The first-order valence-electron chi connectivity index (χ1n) is 11.6. The molecule has 1 N–H and O–H groups in total. The van der Waals surface area contributed by atoms with Crippen LogP contribution in [0.3, 0.4) is 0 Å². The number of nitrogens with zero attached hydrogens (tertiary/aromatic N) is 3. The van der Waals surface area contributed by atoms with Crippen molar-refractivity contribution in [3.05, 3.63) is 35.9 Å². The monoisotopic (exact) mass is 414 g/mol. The average Bonchev–Trinajstić information content (AvgIpc) is 2.82. The summed E-state index contributed by atoms with van der Waals surface area (Å²) in [6.07, 6.45) is 3.49. The number of nitrogens with one attached hydrogen (secondary N) is 1. The summed E-state index contributed by atoms with van der Waals surface area (Å²) < 4.78 is 0. The molecular formula is C24H38N4O2. The van der Waals surface area contributed by atoms with Crippen molar-refractivity contribution in [2.24, 2.45) is 0 Å². The molecule has 3 rings (SSSR count). The van der Waals surface area contributed by atoms with Crippen molar-refractivity contribution in [1.82, 2.24) is 20.0 Å². The van der Waals surface area contributed by atoms with E-state index in [1.807, 2.05) is 36.9 Å². The third-order valence-corrected chi connectivity index (χ3v) is 6.80. The van der Waals surface area contributed by atoms with Crippen molar-refractivity contribution in [3.63, 3.8) is 0 Å². The first-order valence-corrected chi connectivity index (χ1v) is 11.6. The van der Waals surface area contributed by atoms with Gasteiger partial charge in [-0.15, -0.1) is 0 Å². The Morgan fingerprint density at radius 3 is 2.00 bits per heavy atom. The van der Waals surface area contributed by atoms with Gasteiger partial charge in [0.25, 0.3) is 0 Å². The third kappa shape index (κ3) is 5.82. The molecule has 1 aromatic carbocycles. The van der Waals surface area contributed by atoms with Gasteiger partial charge in [-0.1, -0.05) is 37.3 Å². The first-order chi connectivity index (χ1) is 14.5. The van der Waals surface area contributed by atoms with Gasteiger partial charge < -0.3 is 10.2 Å². The van der Waals surface area contributed by atoms with Crippen molar-refractivity contribution in [1.29, 1.82) is 0 Å². The minimum absolute atomic E-state index is 0.0684. The number of benzene rings is 1. The van der Waals surface area contributed by atoms with E-state index >= 15 is 0 Å². The van der Waals surface area contributed by atoms with Crippen LogP contribution in [0.25, 0.3) is 0 Å². The Bertz CT molecular complexity index is 682. The van der Waals surface area contributed by atoms with Crippen LogP contribution in [0.2, 0.25) is 0 Å². The number of carbonyl (C=O) groups is 2. The number of piperazine rings is 1. The fourth-order valence-electron chi connectivity index (χ4n) is 4.51. The SMILES string of the molecule is C[C@H](CNC(=O)[C@@H](C)N1CCN([C@H](C)C(=O)N2CCCCC2)CC1)c1ccccc1. The van der Waals surface area contributed by atoms with Gasteiger partial charge in [-0.05, 0) is 44.6 Å². The zero-order valence-electron chi connectivity index (χ0n) is 18.8. The van der Waals surface area contributed by atoms with Gasteiger partial charge in [0.15, 0.2) is 0 Å². The lowest BCUT2D eigenvalue weighted by molar-refractivity contribution is -0.138. The van der Waals surface area contributed by atoms with Crippen LogP contribution in [-0.2, 0) is 9.59 Å². The highest BCUT2D eigenvalue weighted by molar-refractivity contribution is 5.82. The molecule has 2 fully saturated rings. The molecule has 0 radical (unpaired) electrons. The van der Waals surface area contributed by atoms with Gasteiger partial charge in [-0.3, -0.25) is 19.4 Å². The second-order valence-electron chi connectivity index (χ2n) is 8.87. The van der Waals surface area contributed by atoms with E-state index in [1.54, 1.807) is 0 Å². The summed E-state index contributed by atoms with van der Waals surface area (Å²) in [5.74, 6) is 0.647. The van der Waals surface area contributed by atoms with Crippen LogP contribution in [0.15, 0.2) is 30.3 Å². The van der Waals surface area contributed by atoms with Gasteiger partial charge >= 0.3 is 0 Å². The lowest BCUT2D eigenvalue weighted by atomic mass is 10.0. The Morgan fingerprint density at radius 2 is 1.40 bits per heavy atom. The van der Waals surface area contributed by atoms with Crippen LogP contribution in [0.4, 0.5) is 0 Å². The lowest BCUT2D eigenvalue weighted by Gasteiger charge is -2.41. The summed E-state index contributed by atoms with van der Waals surface area (Å²) in [6, 6.07) is 10.1. The Balaban J connectivity index is 1.42. The van der Waals surface area contributed by atoms with E-state index in [-0.39, 0.29) is 23.9 Å². The number of carbonyl (C=O) groups excluding carboxylic acids is 2. The normalized spacial score (nSPS) is 21.6. The summed E-state index contributed by atoms with van der Waals surface area (Å²) in [5, 5.41) is 3.12. The molecule has 2 aliphatic rings. The van der Waals surface area contributed by atoms with Crippen LogP contribution in [0.5, 0.6) is 0 Å². The number of piperidine rings is 1. The Morgan fingerprint density at radius 1 is 0.833 bits per heavy atom. The second kappa shape index (κ2) is 10.9. The standard InChI is InChI=1S/C24H38N4O2/c1-19(22-10-6-4-7-11-22)18-25-23(29)20(2)26-14-16-27(17-15-26)21(3)24(30)28-12-8-5-9-13-28/h4,6-7,10-11,19-21H,5,8-9,12-18H2,1-3H3,(H,25,29)/t19-,20-,21-/m1/s1. The molecule has 2 amide bonds. The summed E-state index contributed by atoms with van der Waals surface area (Å²) in [5.41, 5.74) is 1.24. The van der Waals surface area contributed by atoms with Gasteiger partial charge in [0, 0.05) is 45.8 Å². The van der Waals surface area contributed by atoms with Gasteiger partial charge in [0.1, 0.15) is 0 Å². The molecule has 0 unspecified atom stereocenters. The Hall–Kier alpha value is -1.92. The molecule has 1 aromatic rings. The van der Waals surface area contributed by atoms with Crippen molar-refractivity contribution >= 4 is 11.8 Å². The molecule has 6 nitrogen and oxygen atoms in total. The molecule has 30 heavy (non-hydrogen) atoms. The molecular weight excluding hydrogens is 376 g/mol. The number of rotatable bonds is 7. The van der Waals surface area contributed by atoms with Gasteiger partial charge in [0.2, 0.25) is 11.8 Å². The fourth-order valence-corrected chi connectivity index (χ4v) is 4.51. The van der Waals surface area contributed by atoms with Crippen LogP contribution < -0.4 is 5.32 Å². The third-order valence-electron chi connectivity index (χ3n) is 6.80. The van der Waals surface area contributed by atoms with Crippen molar-refractivity contribution in [2.75, 3.05) is 45.8 Å². The second-order valence-corrected chi connectivity index (χ2v) is 8.87. The van der Waals surface area contributed by atoms with E-state index < -0.39 is 0 Å². The van der Waals surface area contributed by atoms with E-state index in [0.29, 0.717) is 12.5 Å². The van der Waals surface area contributed by atoms with E-state index in [1.165, 1.54) is 12.0 Å². The van der Waals surface area contributed by atoms with Crippen LogP contribution in [0.1, 0.15) is 51.5 Å². The Labute approximate surface area is 181 Å². The molecule has 0 aromatic heterocycles. The summed E-state index contributed by atoms with van der Waals surface area (Å²) in [4.78, 5) is 32.0. The molecule has 0 aliphatic carbocycles. The van der Waals surface area contributed by atoms with Crippen LogP contribution in [0, 0.1) is 0 Å². The van der Waals surface area contributed by atoms with Crippen molar-refractivity contribution < 1.29 is 9.59 Å². The van der Waals surface area contributed by atoms with Gasteiger partial charge in [-0.25, -0.2) is 0 Å². The molecule has 166 valence electrons. The highest BCUT2D eigenvalue weighted by atomic mass is 16.2. The molecule has 6 heteroatoms. The van der Waals surface area contributed by atoms with Gasteiger partial charge in [0.05, 0.1) is 12.1 Å². The predicted molar refractivity (Wildman–Crippen MR) is 120 cm³/mol. The summed E-state index contributed by atoms with van der Waals surface area (Å²) in [6.45, 7) is 11.9. The zero-order valence-corrected chi connectivity index (χ0v) is 18.8. The van der Waals surface area contributed by atoms with Gasteiger partial charge in [-0.2, -0.15) is 0 Å². The maximum absolute atomic E-state index is 12.8. The van der Waals surface area contributed by atoms with Crippen molar-refractivity contribution in [3.8, 4) is 0 Å². The van der Waals surface area contributed by atoms with E-state index in [9.17, 15) is 9.59 Å². The number of hydrogen-bond acceptors (Lipinski definition) is 4. The number of amides is 2. The maximum Gasteiger partial charge on any atom is 0.239 e. The predicted octanol–water partition coefficient (Wildman–Crippen LogP) is 2.31. The quantitative estimate of drug-likeness (QED) is 0.744. The van der Waals surface area contributed by atoms with Crippen LogP contribution >= 0.6 is 0 Å². The summed E-state index contributed by atoms with van der Waals surface area (Å²) in [7, 11) is 0. The molecule has 0 saturated carbocycles. The zero-order chi connectivity index (χ0) is 21.5. The van der Waals surface area contributed by atoms with Crippen LogP contribution in [-0.4, -0.2) is 84.4 Å². The first kappa shape index (κ1) is 22.8. The Kier molecular flexibility index (Phi) is 8.28. The largest absolute Gasteiger partial charge is 0.354 e. The molecule has 3 atom stereocenters. The van der Waals surface area contributed by atoms with Crippen molar-refractivity contribution in [2.45, 2.75) is 58.0 Å². The molecule has 2 aliphatic heterocycles. The highest BCUT2D eigenvalue weighted by Crippen LogP contribution is 2.16.